The fourth-order valence-electron chi connectivity index (χ4n) is 4.42. The van der Waals surface area contributed by atoms with Crippen molar-refractivity contribution < 1.29 is 28.2 Å². The van der Waals surface area contributed by atoms with E-state index in [4.69, 9.17) is 14.2 Å². The Labute approximate surface area is 212 Å². The number of pyridine rings is 1. The molecule has 2 aromatic heterocycles. The third-order valence-electron chi connectivity index (χ3n) is 6.16. The lowest BCUT2D eigenvalue weighted by Gasteiger charge is -2.52. The molecule has 12 heteroatoms. The Balaban J connectivity index is 1.39. The number of carbonyl (C=O) groups excluding carboxylic acids is 2. The number of anilines is 1. The van der Waals surface area contributed by atoms with Gasteiger partial charge in [0.05, 0.1) is 24.5 Å². The van der Waals surface area contributed by atoms with Crippen molar-refractivity contribution in [1.82, 2.24) is 25.1 Å². The summed E-state index contributed by atoms with van der Waals surface area (Å²) in [5, 5.41) is 9.85. The molecule has 37 heavy (non-hydrogen) atoms. The van der Waals surface area contributed by atoms with Crippen LogP contribution in [0.15, 0.2) is 42.9 Å². The molecule has 1 aliphatic heterocycles. The molecule has 3 aromatic rings. The maximum atomic E-state index is 15.3. The van der Waals surface area contributed by atoms with Gasteiger partial charge in [0.1, 0.15) is 17.1 Å². The van der Waals surface area contributed by atoms with Gasteiger partial charge in [-0.3, -0.25) is 10.2 Å². The van der Waals surface area contributed by atoms with Crippen LogP contribution in [-0.2, 0) is 16.8 Å². The molecule has 1 fully saturated rings. The third-order valence-corrected chi connectivity index (χ3v) is 6.16. The van der Waals surface area contributed by atoms with Crippen molar-refractivity contribution in [2.45, 2.75) is 57.7 Å². The number of nitrogens with one attached hydrogen (secondary N) is 1. The zero-order chi connectivity index (χ0) is 26.2. The van der Waals surface area contributed by atoms with E-state index in [2.05, 4.69) is 25.5 Å². The highest BCUT2D eigenvalue weighted by Crippen LogP contribution is 2.53. The average Bonchev–Trinajstić information content (AvgIpc) is 2.80. The first-order valence-corrected chi connectivity index (χ1v) is 11.7. The monoisotopic (exact) mass is 508 g/mol. The lowest BCUT2D eigenvalue weighted by atomic mass is 9.69. The smallest absolute Gasteiger partial charge is 0.416 e. The van der Waals surface area contributed by atoms with E-state index in [1.807, 2.05) is 6.07 Å². The predicted molar refractivity (Wildman–Crippen MR) is 127 cm³/mol. The number of aromatic nitrogens is 4. The van der Waals surface area contributed by atoms with Crippen LogP contribution in [0.2, 0.25) is 0 Å². The second-order valence-corrected chi connectivity index (χ2v) is 9.78. The highest BCUT2D eigenvalue weighted by Gasteiger charge is 2.52. The fraction of sp³-hybridized carbons (Fsp3) is 0.360. The highest BCUT2D eigenvalue weighted by atomic mass is 19.1. The van der Waals surface area contributed by atoms with Crippen LogP contribution in [0.5, 0.6) is 17.5 Å². The summed E-state index contributed by atoms with van der Waals surface area (Å²) in [7, 11) is 0. The Morgan fingerprint density at radius 3 is 2.68 bits per heavy atom. The number of ether oxygens (including phenoxy) is 3. The Morgan fingerprint density at radius 2 is 2.00 bits per heavy atom. The van der Waals surface area contributed by atoms with Crippen molar-refractivity contribution in [3.05, 3.63) is 59.8 Å². The van der Waals surface area contributed by atoms with Gasteiger partial charge in [-0.2, -0.15) is 5.10 Å². The summed E-state index contributed by atoms with van der Waals surface area (Å²) in [4.78, 5) is 34.7. The molecule has 3 heterocycles. The molecule has 1 saturated carbocycles. The summed E-state index contributed by atoms with van der Waals surface area (Å²) in [6.45, 7) is 5.03. The van der Waals surface area contributed by atoms with Gasteiger partial charge in [0.25, 0.3) is 0 Å². The van der Waals surface area contributed by atoms with Gasteiger partial charge in [0.2, 0.25) is 0 Å². The maximum absolute atomic E-state index is 15.3. The largest absolute Gasteiger partial charge is 0.444 e. The fourth-order valence-corrected chi connectivity index (χ4v) is 4.42. The van der Waals surface area contributed by atoms with Crippen LogP contribution in [0.1, 0.15) is 51.2 Å². The number of fused-ring (bicyclic) bond motifs is 2. The number of nitrogens with zero attached hydrogens (tertiary/aromatic N) is 5. The van der Waals surface area contributed by atoms with Crippen molar-refractivity contribution in [2.24, 2.45) is 0 Å². The summed E-state index contributed by atoms with van der Waals surface area (Å²) in [5.74, 6) is -0.272. The van der Waals surface area contributed by atoms with E-state index in [0.717, 1.165) is 12.0 Å². The van der Waals surface area contributed by atoms with Crippen molar-refractivity contribution in [3.8, 4) is 17.5 Å². The molecule has 1 aliphatic carbocycles. The Morgan fingerprint density at radius 1 is 1.19 bits per heavy atom. The van der Waals surface area contributed by atoms with Gasteiger partial charge in [-0.15, -0.1) is 0 Å². The van der Waals surface area contributed by atoms with E-state index in [0.29, 0.717) is 24.3 Å². The zero-order valence-electron chi connectivity index (χ0n) is 20.5. The summed E-state index contributed by atoms with van der Waals surface area (Å²) in [5.41, 5.74) is -0.418. The van der Waals surface area contributed by atoms with E-state index in [-0.39, 0.29) is 23.9 Å². The van der Waals surface area contributed by atoms with Gasteiger partial charge in [-0.25, -0.2) is 23.9 Å². The zero-order valence-corrected chi connectivity index (χ0v) is 20.5. The molecule has 0 radical (unpaired) electrons. The first-order valence-electron chi connectivity index (χ1n) is 11.7. The van der Waals surface area contributed by atoms with Crippen LogP contribution < -0.4 is 14.8 Å². The second kappa shape index (κ2) is 9.26. The molecule has 0 bridgehead atoms. The molecule has 2 aliphatic rings. The SMILES string of the molecule is CC(C)(C)OC(=O)Nc1nccc(CN2C(=O)Oc3cc(Oc4nccnn4)ccc3C23CCC3)c1F. The summed E-state index contributed by atoms with van der Waals surface area (Å²) >= 11 is 0. The Kier molecular flexibility index (Phi) is 6.10. The third kappa shape index (κ3) is 4.86. The van der Waals surface area contributed by atoms with Crippen molar-refractivity contribution in [1.29, 1.82) is 0 Å². The number of hydrogen-bond donors (Lipinski definition) is 1. The minimum absolute atomic E-state index is 0.0635. The van der Waals surface area contributed by atoms with E-state index in [9.17, 15) is 9.59 Å². The van der Waals surface area contributed by atoms with E-state index >= 15 is 4.39 Å². The number of carbonyl (C=O) groups is 2. The van der Waals surface area contributed by atoms with Gasteiger partial charge < -0.3 is 14.2 Å². The van der Waals surface area contributed by atoms with Gasteiger partial charge in [-0.05, 0) is 58.2 Å². The van der Waals surface area contributed by atoms with Crippen LogP contribution in [0.4, 0.5) is 19.8 Å². The number of halogens is 1. The molecule has 1 N–H and O–H groups in total. The van der Waals surface area contributed by atoms with Crippen molar-refractivity contribution >= 4 is 18.0 Å². The van der Waals surface area contributed by atoms with E-state index < -0.39 is 29.1 Å². The molecular weight excluding hydrogens is 483 g/mol. The second-order valence-electron chi connectivity index (χ2n) is 9.78. The van der Waals surface area contributed by atoms with Crippen LogP contribution in [0.25, 0.3) is 0 Å². The molecule has 5 rings (SSSR count). The van der Waals surface area contributed by atoms with Gasteiger partial charge in [-0.1, -0.05) is 5.10 Å². The van der Waals surface area contributed by atoms with Crippen molar-refractivity contribution in [3.63, 3.8) is 0 Å². The summed E-state index contributed by atoms with van der Waals surface area (Å²) in [6.07, 6.45) is 5.09. The molecule has 0 saturated heterocycles. The van der Waals surface area contributed by atoms with Crippen LogP contribution in [0.3, 0.4) is 0 Å². The maximum Gasteiger partial charge on any atom is 0.416 e. The van der Waals surface area contributed by atoms with Crippen molar-refractivity contribution in [2.75, 3.05) is 5.32 Å². The lowest BCUT2D eigenvalue weighted by molar-refractivity contribution is 0.00109. The number of benzene rings is 1. The number of hydrogen-bond acceptors (Lipinski definition) is 9. The quantitative estimate of drug-likeness (QED) is 0.509. The molecule has 0 atom stereocenters. The number of amides is 2. The van der Waals surface area contributed by atoms with Gasteiger partial charge >= 0.3 is 18.2 Å². The van der Waals surface area contributed by atoms with Gasteiger partial charge in [0.15, 0.2) is 11.6 Å². The minimum Gasteiger partial charge on any atom is -0.444 e. The Hall–Kier alpha value is -4.35. The molecule has 0 unspecified atom stereocenters. The predicted octanol–water partition coefficient (Wildman–Crippen LogP) is 4.94. The molecule has 2 amide bonds. The molecule has 192 valence electrons. The lowest BCUT2D eigenvalue weighted by Crippen LogP contribution is -2.57. The Bertz CT molecular complexity index is 1340. The molecule has 1 aromatic carbocycles. The summed E-state index contributed by atoms with van der Waals surface area (Å²) < 4.78 is 31.8. The standard InChI is InChI=1S/C25H25FN6O5/c1-24(2,3)37-22(33)30-20-19(26)15(7-10-27-20)14-32-23(34)36-18-13-16(35-21-28-11-12-29-31-21)5-6-17(18)25(32)8-4-9-25/h5-7,10-13H,4,8-9,14H2,1-3H3,(H,27,30,33). The average molecular weight is 509 g/mol. The molecular formula is C25H25FN6O5. The van der Waals surface area contributed by atoms with E-state index in [1.165, 1.54) is 29.6 Å². The topological polar surface area (TPSA) is 129 Å². The first kappa shape index (κ1) is 24.3. The number of rotatable bonds is 5. The highest BCUT2D eigenvalue weighted by molar-refractivity contribution is 5.84. The molecule has 11 nitrogen and oxygen atoms in total. The minimum atomic E-state index is -0.826. The van der Waals surface area contributed by atoms with E-state index in [1.54, 1.807) is 32.9 Å². The molecule has 1 spiro atoms. The first-order chi connectivity index (χ1) is 17.6. The normalized spacial score (nSPS) is 15.9. The van der Waals surface area contributed by atoms with Crippen LogP contribution in [0, 0.1) is 5.82 Å². The van der Waals surface area contributed by atoms with Crippen LogP contribution in [-0.4, -0.2) is 42.9 Å². The van der Waals surface area contributed by atoms with Gasteiger partial charge in [0, 0.05) is 23.4 Å². The van der Waals surface area contributed by atoms with Crippen LogP contribution >= 0.6 is 0 Å². The summed E-state index contributed by atoms with van der Waals surface area (Å²) in [6, 6.07) is 6.71.